The molecule has 0 aliphatic heterocycles. The highest BCUT2D eigenvalue weighted by molar-refractivity contribution is 7.90. The summed E-state index contributed by atoms with van der Waals surface area (Å²) >= 11 is 6.05. The second-order valence-corrected chi connectivity index (χ2v) is 9.02. The molecule has 3 aromatic heterocycles. The standard InChI is InChI=1S/C21H20ClN5O2S.ClH/c1-14-19(22)7-8-21(25-14)26-16-5-6-18-15(11-23-2)13-27(20(18)10-16)30(28,29)17-4-3-9-24-12-17;/h3-10,12-13,23H,11H2,1-2H3,(H,25,26);1H. The van der Waals surface area contributed by atoms with Crippen molar-refractivity contribution in [2.24, 2.45) is 0 Å². The summed E-state index contributed by atoms with van der Waals surface area (Å²) in [6.45, 7) is 2.36. The van der Waals surface area contributed by atoms with Crippen LogP contribution >= 0.6 is 24.0 Å². The van der Waals surface area contributed by atoms with Crippen LogP contribution in [0.1, 0.15) is 11.3 Å². The highest BCUT2D eigenvalue weighted by Gasteiger charge is 2.21. The Bertz CT molecular complexity index is 1320. The van der Waals surface area contributed by atoms with Crippen molar-refractivity contribution in [3.8, 4) is 0 Å². The first kappa shape index (κ1) is 23.0. The van der Waals surface area contributed by atoms with Gasteiger partial charge >= 0.3 is 0 Å². The summed E-state index contributed by atoms with van der Waals surface area (Å²) in [5, 5.41) is 7.74. The quantitative estimate of drug-likeness (QED) is 0.424. The van der Waals surface area contributed by atoms with Gasteiger partial charge in [-0.15, -0.1) is 12.4 Å². The number of hydrogen-bond acceptors (Lipinski definition) is 6. The zero-order chi connectivity index (χ0) is 21.3. The molecule has 4 aromatic rings. The third-order valence-electron chi connectivity index (χ3n) is 4.71. The van der Waals surface area contributed by atoms with Gasteiger partial charge in [0.05, 0.1) is 16.2 Å². The Kier molecular flexibility index (Phi) is 6.86. The molecule has 0 bridgehead atoms. The summed E-state index contributed by atoms with van der Waals surface area (Å²) in [5.74, 6) is 0.625. The largest absolute Gasteiger partial charge is 0.340 e. The van der Waals surface area contributed by atoms with Crippen molar-refractivity contribution in [3.63, 3.8) is 0 Å². The van der Waals surface area contributed by atoms with Crippen LogP contribution in [0, 0.1) is 6.92 Å². The molecule has 0 fully saturated rings. The first-order valence-corrected chi connectivity index (χ1v) is 11.1. The molecule has 0 amide bonds. The van der Waals surface area contributed by atoms with Gasteiger partial charge in [-0.05, 0) is 55.9 Å². The Morgan fingerprint density at radius 3 is 2.65 bits per heavy atom. The number of nitrogens with zero attached hydrogens (tertiary/aromatic N) is 3. The average molecular weight is 478 g/mol. The second kappa shape index (κ2) is 9.23. The summed E-state index contributed by atoms with van der Waals surface area (Å²) in [5.41, 5.74) is 2.88. The molecule has 162 valence electrons. The molecule has 2 N–H and O–H groups in total. The lowest BCUT2D eigenvalue weighted by molar-refractivity contribution is 0.588. The molecular formula is C21H21Cl2N5O2S. The number of halogens is 2. The number of nitrogens with one attached hydrogen (secondary N) is 2. The monoisotopic (exact) mass is 477 g/mol. The zero-order valence-electron chi connectivity index (χ0n) is 16.8. The fraction of sp³-hybridized carbons (Fsp3) is 0.143. The molecule has 3 heterocycles. The van der Waals surface area contributed by atoms with Gasteiger partial charge in [0, 0.05) is 36.2 Å². The fourth-order valence-electron chi connectivity index (χ4n) is 3.25. The van der Waals surface area contributed by atoms with E-state index in [1.54, 1.807) is 36.7 Å². The molecular weight excluding hydrogens is 457 g/mol. The van der Waals surface area contributed by atoms with Crippen molar-refractivity contribution in [2.75, 3.05) is 12.4 Å². The Balaban J connectivity index is 0.00000272. The first-order chi connectivity index (χ1) is 14.4. The Labute approximate surface area is 191 Å². The van der Waals surface area contributed by atoms with Crippen molar-refractivity contribution in [3.05, 3.63) is 77.3 Å². The number of rotatable bonds is 6. The molecule has 0 saturated carbocycles. The van der Waals surface area contributed by atoms with Crippen LogP contribution in [0.25, 0.3) is 10.9 Å². The summed E-state index contributed by atoms with van der Waals surface area (Å²) in [6, 6.07) is 12.3. The van der Waals surface area contributed by atoms with E-state index in [4.69, 9.17) is 11.6 Å². The predicted octanol–water partition coefficient (Wildman–Crippen LogP) is 4.51. The molecule has 10 heteroatoms. The third-order valence-corrected chi connectivity index (χ3v) is 6.76. The smallest absolute Gasteiger partial charge is 0.269 e. The van der Waals surface area contributed by atoms with Crippen LogP contribution < -0.4 is 10.6 Å². The van der Waals surface area contributed by atoms with E-state index >= 15 is 0 Å². The van der Waals surface area contributed by atoms with Crippen molar-refractivity contribution in [1.29, 1.82) is 0 Å². The summed E-state index contributed by atoms with van der Waals surface area (Å²) < 4.78 is 27.8. The maximum Gasteiger partial charge on any atom is 0.269 e. The van der Waals surface area contributed by atoms with Gasteiger partial charge in [-0.1, -0.05) is 17.7 Å². The molecule has 0 spiro atoms. The van der Waals surface area contributed by atoms with Crippen LogP contribution in [-0.4, -0.2) is 29.4 Å². The molecule has 1 aromatic carbocycles. The number of aryl methyl sites for hydroxylation is 1. The second-order valence-electron chi connectivity index (χ2n) is 6.79. The van der Waals surface area contributed by atoms with Crippen molar-refractivity contribution in [2.45, 2.75) is 18.4 Å². The molecule has 0 radical (unpaired) electrons. The first-order valence-electron chi connectivity index (χ1n) is 9.24. The van der Waals surface area contributed by atoms with E-state index in [-0.39, 0.29) is 17.3 Å². The number of anilines is 2. The summed E-state index contributed by atoms with van der Waals surface area (Å²) in [6.07, 6.45) is 4.54. The van der Waals surface area contributed by atoms with Crippen LogP contribution in [0.5, 0.6) is 0 Å². The minimum absolute atomic E-state index is 0. The molecule has 0 saturated heterocycles. The SMILES string of the molecule is CNCc1cn(S(=O)(=O)c2cccnc2)c2cc(Nc3ccc(Cl)c(C)n3)ccc12.Cl. The lowest BCUT2D eigenvalue weighted by Gasteiger charge is -2.10. The van der Waals surface area contributed by atoms with Crippen LogP contribution in [0.4, 0.5) is 11.5 Å². The highest BCUT2D eigenvalue weighted by Crippen LogP contribution is 2.29. The topological polar surface area (TPSA) is 88.9 Å². The average Bonchev–Trinajstić information content (AvgIpc) is 3.10. The maximum atomic E-state index is 13.3. The predicted molar refractivity (Wildman–Crippen MR) is 126 cm³/mol. The van der Waals surface area contributed by atoms with Gasteiger partial charge in [-0.25, -0.2) is 17.4 Å². The van der Waals surface area contributed by atoms with Crippen molar-refractivity contribution >= 4 is 56.4 Å². The van der Waals surface area contributed by atoms with E-state index in [1.807, 2.05) is 26.1 Å². The molecule has 0 aliphatic carbocycles. The Hall–Kier alpha value is -2.65. The summed E-state index contributed by atoms with van der Waals surface area (Å²) in [7, 11) is -1.98. The van der Waals surface area contributed by atoms with Gasteiger partial charge in [-0.3, -0.25) is 4.98 Å². The molecule has 4 rings (SSSR count). The zero-order valence-corrected chi connectivity index (χ0v) is 19.2. The lowest BCUT2D eigenvalue weighted by atomic mass is 10.1. The van der Waals surface area contributed by atoms with Gasteiger partial charge in [0.2, 0.25) is 0 Å². The number of hydrogen-bond donors (Lipinski definition) is 2. The Morgan fingerprint density at radius 2 is 1.97 bits per heavy atom. The number of benzene rings is 1. The number of aromatic nitrogens is 3. The molecule has 31 heavy (non-hydrogen) atoms. The molecule has 0 atom stereocenters. The highest BCUT2D eigenvalue weighted by atomic mass is 35.5. The van der Waals surface area contributed by atoms with Crippen molar-refractivity contribution < 1.29 is 8.42 Å². The molecule has 0 unspecified atom stereocenters. The van der Waals surface area contributed by atoms with E-state index in [0.717, 1.165) is 10.9 Å². The minimum Gasteiger partial charge on any atom is -0.340 e. The van der Waals surface area contributed by atoms with E-state index in [1.165, 1.54) is 16.2 Å². The normalized spacial score (nSPS) is 11.3. The van der Waals surface area contributed by atoms with Crippen LogP contribution in [-0.2, 0) is 16.6 Å². The lowest BCUT2D eigenvalue weighted by Crippen LogP contribution is -2.12. The van der Waals surface area contributed by atoms with Gasteiger partial charge < -0.3 is 10.6 Å². The maximum absolute atomic E-state index is 13.3. The van der Waals surface area contributed by atoms with E-state index < -0.39 is 10.0 Å². The minimum atomic E-state index is -3.80. The van der Waals surface area contributed by atoms with E-state index in [0.29, 0.717) is 34.3 Å². The van der Waals surface area contributed by atoms with Crippen molar-refractivity contribution in [1.82, 2.24) is 19.3 Å². The van der Waals surface area contributed by atoms with E-state index in [9.17, 15) is 8.42 Å². The number of pyridine rings is 2. The Morgan fingerprint density at radius 1 is 1.16 bits per heavy atom. The van der Waals surface area contributed by atoms with Gasteiger partial charge in [0.15, 0.2) is 0 Å². The van der Waals surface area contributed by atoms with Crippen LogP contribution in [0.15, 0.2) is 66.0 Å². The van der Waals surface area contributed by atoms with E-state index in [2.05, 4.69) is 20.6 Å². The van der Waals surface area contributed by atoms with Gasteiger partial charge in [-0.2, -0.15) is 0 Å². The third kappa shape index (κ3) is 4.52. The molecule has 7 nitrogen and oxygen atoms in total. The van der Waals surface area contributed by atoms with Crippen LogP contribution in [0.2, 0.25) is 5.02 Å². The fourth-order valence-corrected chi connectivity index (χ4v) is 4.70. The van der Waals surface area contributed by atoms with Crippen LogP contribution in [0.3, 0.4) is 0 Å². The summed E-state index contributed by atoms with van der Waals surface area (Å²) in [4.78, 5) is 8.50. The molecule has 0 aliphatic rings. The number of fused-ring (bicyclic) bond motifs is 1. The van der Waals surface area contributed by atoms with Gasteiger partial charge in [0.25, 0.3) is 10.0 Å². The van der Waals surface area contributed by atoms with Gasteiger partial charge in [0.1, 0.15) is 10.7 Å².